The van der Waals surface area contributed by atoms with Crippen molar-refractivity contribution in [2.45, 2.75) is 19.4 Å². The lowest BCUT2D eigenvalue weighted by Crippen LogP contribution is -2.10. The Morgan fingerprint density at radius 3 is 2.95 bits per heavy atom. The zero-order valence-corrected chi connectivity index (χ0v) is 12.6. The molecule has 0 N–H and O–H groups in total. The fourth-order valence-corrected chi connectivity index (χ4v) is 3.40. The van der Waals surface area contributed by atoms with Crippen molar-refractivity contribution in [3.8, 4) is 0 Å². The third-order valence-electron chi connectivity index (χ3n) is 3.47. The lowest BCUT2D eigenvalue weighted by atomic mass is 10.1. The molecule has 0 saturated heterocycles. The van der Waals surface area contributed by atoms with Crippen molar-refractivity contribution in [3.63, 3.8) is 0 Å². The highest BCUT2D eigenvalue weighted by atomic mass is 35.5. The van der Waals surface area contributed by atoms with E-state index in [1.807, 2.05) is 11.4 Å². The number of halogens is 2. The molecule has 0 saturated carbocycles. The Morgan fingerprint density at radius 2 is 2.25 bits per heavy atom. The van der Waals surface area contributed by atoms with Crippen molar-refractivity contribution in [1.29, 1.82) is 0 Å². The topological polar surface area (TPSA) is 17.8 Å². The molecule has 1 aromatic carbocycles. The first-order chi connectivity index (χ1) is 9.72. The van der Waals surface area contributed by atoms with Gasteiger partial charge in [-0.1, -0.05) is 6.07 Å². The molecule has 0 amide bonds. The maximum Gasteiger partial charge on any atom is 0.151 e. The average Bonchev–Trinajstić information content (AvgIpc) is 3.06. The van der Waals surface area contributed by atoms with Crippen LogP contribution in [-0.4, -0.2) is 15.4 Å². The summed E-state index contributed by atoms with van der Waals surface area (Å²) in [5, 5.41) is 4.16. The predicted molar refractivity (Wildman–Crippen MR) is 82.2 cm³/mol. The molecular formula is C15H14ClFN2S. The van der Waals surface area contributed by atoms with Crippen LogP contribution in [0.15, 0.2) is 35.0 Å². The lowest BCUT2D eigenvalue weighted by Gasteiger charge is -2.16. The molecule has 5 heteroatoms. The molecular weight excluding hydrogens is 295 g/mol. The second-order valence-corrected chi connectivity index (χ2v) is 5.84. The average molecular weight is 309 g/mol. The van der Waals surface area contributed by atoms with Gasteiger partial charge in [0.15, 0.2) is 5.82 Å². The molecule has 2 nitrogen and oxygen atoms in total. The first-order valence-corrected chi connectivity index (χ1v) is 7.93. The van der Waals surface area contributed by atoms with Gasteiger partial charge in [0.2, 0.25) is 0 Å². The van der Waals surface area contributed by atoms with E-state index in [-0.39, 0.29) is 11.9 Å². The van der Waals surface area contributed by atoms with Gasteiger partial charge in [-0.25, -0.2) is 9.37 Å². The van der Waals surface area contributed by atoms with E-state index in [9.17, 15) is 4.39 Å². The van der Waals surface area contributed by atoms with Gasteiger partial charge in [-0.2, -0.15) is 11.3 Å². The van der Waals surface area contributed by atoms with Crippen molar-refractivity contribution in [2.24, 2.45) is 0 Å². The predicted octanol–water partition coefficient (Wildman–Crippen LogP) is 4.63. The third-order valence-corrected chi connectivity index (χ3v) is 4.37. The number of hydrogen-bond donors (Lipinski definition) is 0. The normalized spacial score (nSPS) is 12.9. The van der Waals surface area contributed by atoms with E-state index in [4.69, 9.17) is 11.6 Å². The number of thiophene rings is 1. The number of para-hydroxylation sites is 1. The van der Waals surface area contributed by atoms with Gasteiger partial charge in [0, 0.05) is 12.3 Å². The molecule has 0 fully saturated rings. The summed E-state index contributed by atoms with van der Waals surface area (Å²) in [6, 6.07) is 7.28. The summed E-state index contributed by atoms with van der Waals surface area (Å²) < 4.78 is 16.0. The van der Waals surface area contributed by atoms with Gasteiger partial charge in [-0.3, -0.25) is 0 Å². The van der Waals surface area contributed by atoms with Crippen molar-refractivity contribution in [3.05, 3.63) is 52.2 Å². The van der Waals surface area contributed by atoms with Crippen LogP contribution < -0.4 is 0 Å². The quantitative estimate of drug-likeness (QED) is 0.643. The van der Waals surface area contributed by atoms with Crippen LogP contribution in [0.4, 0.5) is 4.39 Å². The fraction of sp³-hybridized carbons (Fsp3) is 0.267. The number of imidazole rings is 1. The third kappa shape index (κ3) is 2.23. The maximum absolute atomic E-state index is 13.9. The van der Waals surface area contributed by atoms with Crippen LogP contribution in [0.25, 0.3) is 11.0 Å². The van der Waals surface area contributed by atoms with E-state index in [0.717, 1.165) is 11.3 Å². The van der Waals surface area contributed by atoms with Gasteiger partial charge in [-0.05, 0) is 41.4 Å². The monoisotopic (exact) mass is 308 g/mol. The van der Waals surface area contributed by atoms with Crippen LogP contribution in [-0.2, 0) is 6.42 Å². The van der Waals surface area contributed by atoms with Gasteiger partial charge in [-0.15, -0.1) is 11.6 Å². The molecule has 3 rings (SSSR count). The number of aromatic nitrogens is 2. The smallest absolute Gasteiger partial charge is 0.151 e. The molecule has 0 aliphatic carbocycles. The van der Waals surface area contributed by atoms with Crippen LogP contribution in [0.5, 0.6) is 0 Å². The summed E-state index contributed by atoms with van der Waals surface area (Å²) in [5.74, 6) is 1.02. The molecule has 1 atom stereocenters. The van der Waals surface area contributed by atoms with Crippen molar-refractivity contribution in [1.82, 2.24) is 9.55 Å². The molecule has 1 unspecified atom stereocenters. The van der Waals surface area contributed by atoms with Crippen LogP contribution in [0.2, 0.25) is 0 Å². The lowest BCUT2D eigenvalue weighted by molar-refractivity contribution is 0.625. The Balaban J connectivity index is 2.21. The van der Waals surface area contributed by atoms with Gasteiger partial charge in [0.1, 0.15) is 11.3 Å². The minimum absolute atomic E-state index is 0.117. The van der Waals surface area contributed by atoms with E-state index in [1.165, 1.54) is 11.6 Å². The van der Waals surface area contributed by atoms with E-state index >= 15 is 0 Å². The molecule has 0 bridgehead atoms. The molecule has 0 spiro atoms. The van der Waals surface area contributed by atoms with Crippen molar-refractivity contribution < 1.29 is 4.39 Å². The summed E-state index contributed by atoms with van der Waals surface area (Å²) in [6.45, 7) is 2.10. The van der Waals surface area contributed by atoms with Crippen LogP contribution in [0.3, 0.4) is 0 Å². The molecule has 0 radical (unpaired) electrons. The van der Waals surface area contributed by atoms with E-state index in [1.54, 1.807) is 17.4 Å². The Labute approximate surface area is 125 Å². The largest absolute Gasteiger partial charge is 0.320 e. The maximum atomic E-state index is 13.9. The Bertz CT molecular complexity index is 721. The summed E-state index contributed by atoms with van der Waals surface area (Å²) in [7, 11) is 0. The number of benzene rings is 1. The van der Waals surface area contributed by atoms with Gasteiger partial charge < -0.3 is 4.57 Å². The zero-order chi connectivity index (χ0) is 14.1. The van der Waals surface area contributed by atoms with Crippen LogP contribution >= 0.6 is 22.9 Å². The number of alkyl halides is 1. The van der Waals surface area contributed by atoms with Gasteiger partial charge >= 0.3 is 0 Å². The molecule has 20 heavy (non-hydrogen) atoms. The minimum Gasteiger partial charge on any atom is -0.320 e. The highest BCUT2D eigenvalue weighted by Crippen LogP contribution is 2.28. The first-order valence-electron chi connectivity index (χ1n) is 6.45. The molecule has 0 aliphatic heterocycles. The van der Waals surface area contributed by atoms with E-state index in [2.05, 4.69) is 27.9 Å². The summed E-state index contributed by atoms with van der Waals surface area (Å²) in [4.78, 5) is 4.44. The first kappa shape index (κ1) is 13.6. The molecule has 3 aromatic rings. The van der Waals surface area contributed by atoms with E-state index < -0.39 is 0 Å². The molecule has 104 valence electrons. The fourth-order valence-electron chi connectivity index (χ4n) is 2.49. The standard InChI is InChI=1S/C15H14ClFN2S/c1-10(11-6-8-20-9-11)19-13-4-2-3-12(17)15(13)18-14(19)5-7-16/h2-4,6,8-10H,5,7H2,1H3. The Hall–Kier alpha value is -1.39. The second kappa shape index (κ2) is 5.54. The van der Waals surface area contributed by atoms with E-state index in [0.29, 0.717) is 17.8 Å². The minimum atomic E-state index is -0.283. The number of nitrogens with zero attached hydrogens (tertiary/aromatic N) is 2. The molecule has 0 aliphatic rings. The summed E-state index contributed by atoms with van der Waals surface area (Å²) in [5.41, 5.74) is 2.45. The highest BCUT2D eigenvalue weighted by Gasteiger charge is 2.18. The number of fused-ring (bicyclic) bond motifs is 1. The van der Waals surface area contributed by atoms with Crippen molar-refractivity contribution in [2.75, 3.05) is 5.88 Å². The van der Waals surface area contributed by atoms with Gasteiger partial charge in [0.25, 0.3) is 0 Å². The Kier molecular flexibility index (Phi) is 3.76. The van der Waals surface area contributed by atoms with Crippen molar-refractivity contribution >= 4 is 34.0 Å². The van der Waals surface area contributed by atoms with Gasteiger partial charge in [0.05, 0.1) is 11.6 Å². The Morgan fingerprint density at radius 1 is 1.40 bits per heavy atom. The zero-order valence-electron chi connectivity index (χ0n) is 11.0. The highest BCUT2D eigenvalue weighted by molar-refractivity contribution is 7.07. The summed E-state index contributed by atoms with van der Waals surface area (Å²) in [6.07, 6.45) is 0.629. The number of hydrogen-bond acceptors (Lipinski definition) is 2. The number of aryl methyl sites for hydroxylation is 1. The SMILES string of the molecule is CC(c1ccsc1)n1c(CCCl)nc2c(F)cccc21. The van der Waals surface area contributed by atoms with Crippen LogP contribution in [0.1, 0.15) is 24.4 Å². The second-order valence-electron chi connectivity index (χ2n) is 4.68. The summed E-state index contributed by atoms with van der Waals surface area (Å²) >= 11 is 7.52. The number of rotatable bonds is 4. The molecule has 2 heterocycles. The molecule has 2 aromatic heterocycles. The van der Waals surface area contributed by atoms with Crippen LogP contribution in [0, 0.1) is 5.82 Å².